The molecule has 1 fully saturated rings. The van der Waals surface area contributed by atoms with Crippen LogP contribution in [0.3, 0.4) is 0 Å². The van der Waals surface area contributed by atoms with Gasteiger partial charge in [-0.1, -0.05) is 12.1 Å². The molecule has 1 aliphatic heterocycles. The van der Waals surface area contributed by atoms with Crippen molar-refractivity contribution >= 4 is 5.91 Å². The zero-order chi connectivity index (χ0) is 13.0. The van der Waals surface area contributed by atoms with Crippen molar-refractivity contribution < 1.29 is 9.18 Å². The molecule has 98 valence electrons. The molecule has 0 aliphatic carbocycles. The van der Waals surface area contributed by atoms with Crippen molar-refractivity contribution in [3.8, 4) is 0 Å². The Bertz CT molecular complexity index is 422. The summed E-state index contributed by atoms with van der Waals surface area (Å²) in [7, 11) is 0. The smallest absolute Gasteiger partial charge is 0.223 e. The van der Waals surface area contributed by atoms with Gasteiger partial charge in [0.1, 0.15) is 5.82 Å². The fourth-order valence-corrected chi connectivity index (χ4v) is 2.35. The second kappa shape index (κ2) is 5.96. The van der Waals surface area contributed by atoms with Crippen molar-refractivity contribution in [1.29, 1.82) is 0 Å². The van der Waals surface area contributed by atoms with Gasteiger partial charge in [-0.25, -0.2) is 4.39 Å². The topological polar surface area (TPSA) is 41.1 Å². The van der Waals surface area contributed by atoms with Gasteiger partial charge in [0.25, 0.3) is 0 Å². The van der Waals surface area contributed by atoms with Gasteiger partial charge < -0.3 is 10.6 Å². The molecule has 0 saturated carbocycles. The van der Waals surface area contributed by atoms with E-state index in [0.29, 0.717) is 12.6 Å². The molecule has 1 saturated heterocycles. The Morgan fingerprint density at radius 1 is 1.56 bits per heavy atom. The molecule has 0 spiro atoms. The first-order valence-electron chi connectivity index (χ1n) is 6.40. The Morgan fingerprint density at radius 2 is 2.39 bits per heavy atom. The van der Waals surface area contributed by atoms with E-state index in [9.17, 15) is 9.18 Å². The van der Waals surface area contributed by atoms with Gasteiger partial charge >= 0.3 is 0 Å². The maximum atomic E-state index is 13.0. The fourth-order valence-electron chi connectivity index (χ4n) is 2.35. The number of amides is 1. The Labute approximate surface area is 107 Å². The standard InChI is InChI=1S/C14H19FN2O/c1-10-7-12(5-6-16-10)14(18)17-9-11-3-2-4-13(15)8-11/h2-4,8,10,12,16H,5-7,9H2,1H3,(H,17,18). The minimum Gasteiger partial charge on any atom is -0.352 e. The summed E-state index contributed by atoms with van der Waals surface area (Å²) in [4.78, 5) is 12.0. The van der Waals surface area contributed by atoms with Crippen LogP contribution < -0.4 is 10.6 Å². The van der Waals surface area contributed by atoms with Gasteiger partial charge in [0, 0.05) is 18.5 Å². The van der Waals surface area contributed by atoms with Crippen molar-refractivity contribution in [3.05, 3.63) is 35.6 Å². The molecule has 3 nitrogen and oxygen atoms in total. The normalized spacial score (nSPS) is 23.7. The van der Waals surface area contributed by atoms with E-state index >= 15 is 0 Å². The molecule has 18 heavy (non-hydrogen) atoms. The number of rotatable bonds is 3. The average Bonchev–Trinajstić information content (AvgIpc) is 2.36. The monoisotopic (exact) mass is 250 g/mol. The number of halogens is 1. The zero-order valence-corrected chi connectivity index (χ0v) is 10.6. The van der Waals surface area contributed by atoms with E-state index < -0.39 is 0 Å². The van der Waals surface area contributed by atoms with Crippen LogP contribution in [0.1, 0.15) is 25.3 Å². The lowest BCUT2D eigenvalue weighted by molar-refractivity contribution is -0.126. The first-order chi connectivity index (χ1) is 8.65. The van der Waals surface area contributed by atoms with Gasteiger partial charge in [0.15, 0.2) is 0 Å². The zero-order valence-electron chi connectivity index (χ0n) is 10.6. The van der Waals surface area contributed by atoms with Crippen LogP contribution in [0.15, 0.2) is 24.3 Å². The first kappa shape index (κ1) is 13.0. The third kappa shape index (κ3) is 3.53. The van der Waals surface area contributed by atoms with Crippen LogP contribution in [0.2, 0.25) is 0 Å². The molecular weight excluding hydrogens is 231 g/mol. The molecule has 2 unspecified atom stereocenters. The maximum absolute atomic E-state index is 13.0. The molecule has 1 aliphatic rings. The second-order valence-corrected chi connectivity index (χ2v) is 4.92. The third-order valence-electron chi connectivity index (χ3n) is 3.35. The van der Waals surface area contributed by atoms with Crippen molar-refractivity contribution in [1.82, 2.24) is 10.6 Å². The highest BCUT2D eigenvalue weighted by atomic mass is 19.1. The van der Waals surface area contributed by atoms with E-state index in [2.05, 4.69) is 17.6 Å². The van der Waals surface area contributed by atoms with E-state index in [1.54, 1.807) is 6.07 Å². The van der Waals surface area contributed by atoms with E-state index in [4.69, 9.17) is 0 Å². The third-order valence-corrected chi connectivity index (χ3v) is 3.35. The van der Waals surface area contributed by atoms with Gasteiger partial charge in [0.05, 0.1) is 0 Å². The summed E-state index contributed by atoms with van der Waals surface area (Å²) < 4.78 is 13.0. The number of piperidine rings is 1. The molecule has 0 radical (unpaired) electrons. The lowest BCUT2D eigenvalue weighted by atomic mass is 9.92. The summed E-state index contributed by atoms with van der Waals surface area (Å²) in [6.45, 7) is 3.38. The van der Waals surface area contributed by atoms with E-state index in [1.807, 2.05) is 6.07 Å². The van der Waals surface area contributed by atoms with Crippen molar-refractivity contribution in [2.24, 2.45) is 5.92 Å². The number of hydrogen-bond donors (Lipinski definition) is 2. The average molecular weight is 250 g/mol. The van der Waals surface area contributed by atoms with Crippen molar-refractivity contribution in [2.75, 3.05) is 6.54 Å². The highest BCUT2D eigenvalue weighted by Gasteiger charge is 2.24. The summed E-state index contributed by atoms with van der Waals surface area (Å²) in [5, 5.41) is 6.20. The number of carbonyl (C=O) groups excluding carboxylic acids is 1. The van der Waals surface area contributed by atoms with Crippen LogP contribution in [0, 0.1) is 11.7 Å². The number of carbonyl (C=O) groups is 1. The minimum atomic E-state index is -0.266. The number of benzene rings is 1. The lowest BCUT2D eigenvalue weighted by Crippen LogP contribution is -2.42. The molecule has 2 rings (SSSR count). The molecule has 0 bridgehead atoms. The number of nitrogens with one attached hydrogen (secondary N) is 2. The van der Waals surface area contributed by atoms with Gasteiger partial charge in [-0.15, -0.1) is 0 Å². The SMILES string of the molecule is CC1CC(C(=O)NCc2cccc(F)c2)CCN1. The Hall–Kier alpha value is -1.42. The Morgan fingerprint density at radius 3 is 3.11 bits per heavy atom. The van der Waals surface area contributed by atoms with Crippen LogP contribution in [0.5, 0.6) is 0 Å². The van der Waals surface area contributed by atoms with Gasteiger partial charge in [-0.05, 0) is 44.0 Å². The van der Waals surface area contributed by atoms with Crippen molar-refractivity contribution in [2.45, 2.75) is 32.4 Å². The predicted octanol–water partition coefficient (Wildman–Crippen LogP) is 1.83. The van der Waals surface area contributed by atoms with Crippen LogP contribution >= 0.6 is 0 Å². The van der Waals surface area contributed by atoms with Gasteiger partial charge in [-0.3, -0.25) is 4.79 Å². The second-order valence-electron chi connectivity index (χ2n) is 4.92. The molecule has 1 aromatic rings. The van der Waals surface area contributed by atoms with Crippen LogP contribution in [0.25, 0.3) is 0 Å². The molecule has 1 heterocycles. The largest absolute Gasteiger partial charge is 0.352 e. The van der Waals surface area contributed by atoms with Gasteiger partial charge in [0.2, 0.25) is 5.91 Å². The van der Waals surface area contributed by atoms with E-state index in [1.165, 1.54) is 12.1 Å². The summed E-state index contributed by atoms with van der Waals surface area (Å²) in [5.41, 5.74) is 0.797. The van der Waals surface area contributed by atoms with Crippen LogP contribution in [0.4, 0.5) is 4.39 Å². The highest BCUT2D eigenvalue weighted by Crippen LogP contribution is 2.16. The lowest BCUT2D eigenvalue weighted by Gasteiger charge is -2.27. The van der Waals surface area contributed by atoms with Crippen LogP contribution in [-0.4, -0.2) is 18.5 Å². The molecular formula is C14H19FN2O. The molecule has 0 aromatic heterocycles. The fraction of sp³-hybridized carbons (Fsp3) is 0.500. The molecule has 1 aromatic carbocycles. The van der Waals surface area contributed by atoms with E-state index in [0.717, 1.165) is 24.9 Å². The quantitative estimate of drug-likeness (QED) is 0.859. The summed E-state index contributed by atoms with van der Waals surface area (Å²) in [5.74, 6) is -0.111. The highest BCUT2D eigenvalue weighted by molar-refractivity contribution is 5.78. The van der Waals surface area contributed by atoms with Crippen LogP contribution in [-0.2, 0) is 11.3 Å². The molecule has 4 heteroatoms. The Balaban J connectivity index is 1.84. The summed E-state index contributed by atoms with van der Waals surface area (Å²) in [6.07, 6.45) is 1.74. The van der Waals surface area contributed by atoms with Crippen molar-refractivity contribution in [3.63, 3.8) is 0 Å². The molecule has 2 atom stereocenters. The Kier molecular flexibility index (Phi) is 4.31. The summed E-state index contributed by atoms with van der Waals surface area (Å²) in [6, 6.07) is 6.71. The van der Waals surface area contributed by atoms with Gasteiger partial charge in [-0.2, -0.15) is 0 Å². The summed E-state index contributed by atoms with van der Waals surface area (Å²) >= 11 is 0. The predicted molar refractivity (Wildman–Crippen MR) is 68.4 cm³/mol. The van der Waals surface area contributed by atoms with E-state index in [-0.39, 0.29) is 17.6 Å². The first-order valence-corrected chi connectivity index (χ1v) is 6.40. The maximum Gasteiger partial charge on any atom is 0.223 e. The molecule has 1 amide bonds. The molecule has 2 N–H and O–H groups in total. The minimum absolute atomic E-state index is 0.0765. The number of hydrogen-bond acceptors (Lipinski definition) is 2.